The first-order valence-electron chi connectivity index (χ1n) is 5.99. The fourth-order valence-corrected chi connectivity index (χ4v) is 1.56. The summed E-state index contributed by atoms with van der Waals surface area (Å²) in [5.41, 5.74) is 0.326. The number of rotatable bonds is 4. The second-order valence-electron chi connectivity index (χ2n) is 3.51. The molecule has 1 N–H and O–H groups in total. The van der Waals surface area contributed by atoms with E-state index in [0.29, 0.717) is 5.69 Å². The summed E-state index contributed by atoms with van der Waals surface area (Å²) >= 11 is 9.15. The van der Waals surface area contributed by atoms with Crippen molar-refractivity contribution >= 4 is 34.9 Å². The highest BCUT2D eigenvalue weighted by molar-refractivity contribution is 8.00. The molecule has 0 saturated carbocycles. The van der Waals surface area contributed by atoms with Gasteiger partial charge in [-0.15, -0.1) is 0 Å². The SMILES string of the molecule is CCN(CC)CC.Fc1ccccc1NC(=S)[S-]. The molecule has 0 heterocycles. The molecule has 0 saturated heterocycles. The van der Waals surface area contributed by atoms with Gasteiger partial charge in [-0.2, -0.15) is 0 Å². The summed E-state index contributed by atoms with van der Waals surface area (Å²) in [5, 5.41) is 2.54. The summed E-state index contributed by atoms with van der Waals surface area (Å²) in [4.78, 5) is 2.38. The van der Waals surface area contributed by atoms with Gasteiger partial charge in [0.2, 0.25) is 0 Å². The Morgan fingerprint density at radius 2 is 1.72 bits per heavy atom. The molecule has 0 atom stereocenters. The molecule has 0 aromatic heterocycles. The lowest BCUT2D eigenvalue weighted by atomic mass is 10.3. The summed E-state index contributed by atoms with van der Waals surface area (Å²) in [7, 11) is 0. The van der Waals surface area contributed by atoms with E-state index in [4.69, 9.17) is 0 Å². The molecule has 0 fully saturated rings. The van der Waals surface area contributed by atoms with Crippen molar-refractivity contribution < 1.29 is 4.39 Å². The standard InChI is InChI=1S/C7H6FNS2.C6H15N/c8-5-3-1-2-4-6(5)9-7(10)11;1-4-7(5-2)6-3/h1-4H,(H2,9,10,11);4-6H2,1-3H3/p-1. The van der Waals surface area contributed by atoms with E-state index in [1.165, 1.54) is 25.7 Å². The van der Waals surface area contributed by atoms with E-state index in [1.807, 2.05) is 0 Å². The third-order valence-electron chi connectivity index (χ3n) is 2.45. The fraction of sp³-hybridized carbons (Fsp3) is 0.462. The van der Waals surface area contributed by atoms with Gasteiger partial charge in [-0.25, -0.2) is 4.39 Å². The molecule has 0 aliphatic rings. The number of para-hydroxylation sites is 1. The first-order valence-corrected chi connectivity index (χ1v) is 6.81. The second-order valence-corrected chi connectivity index (χ2v) is 4.59. The van der Waals surface area contributed by atoms with Gasteiger partial charge in [-0.3, -0.25) is 0 Å². The molecule has 0 radical (unpaired) electrons. The predicted octanol–water partition coefficient (Wildman–Crippen LogP) is 3.42. The topological polar surface area (TPSA) is 15.3 Å². The molecule has 18 heavy (non-hydrogen) atoms. The molecule has 5 heteroatoms. The molecule has 0 unspecified atom stereocenters. The summed E-state index contributed by atoms with van der Waals surface area (Å²) in [6, 6.07) is 6.23. The number of thiocarbonyl (C=S) groups is 1. The maximum atomic E-state index is 12.8. The Labute approximate surface area is 120 Å². The van der Waals surface area contributed by atoms with Crippen molar-refractivity contribution in [1.82, 2.24) is 4.90 Å². The van der Waals surface area contributed by atoms with Crippen LogP contribution in [0.25, 0.3) is 0 Å². The van der Waals surface area contributed by atoms with Crippen LogP contribution in [0.2, 0.25) is 0 Å². The largest absolute Gasteiger partial charge is 0.411 e. The van der Waals surface area contributed by atoms with E-state index in [2.05, 4.69) is 55.8 Å². The maximum Gasteiger partial charge on any atom is 0.146 e. The van der Waals surface area contributed by atoms with Gasteiger partial charge in [-0.05, 0) is 31.8 Å². The molecule has 1 aromatic rings. The van der Waals surface area contributed by atoms with Crippen LogP contribution < -0.4 is 5.32 Å². The predicted molar refractivity (Wildman–Crippen MR) is 83.4 cm³/mol. The lowest BCUT2D eigenvalue weighted by Gasteiger charge is -2.13. The van der Waals surface area contributed by atoms with Gasteiger partial charge in [0.05, 0.1) is 5.69 Å². The average molecular weight is 287 g/mol. The Hall–Kier alpha value is -0.780. The molecule has 1 rings (SSSR count). The molecule has 0 aliphatic heterocycles. The monoisotopic (exact) mass is 287 g/mol. The van der Waals surface area contributed by atoms with E-state index < -0.39 is 0 Å². The first kappa shape index (κ1) is 17.2. The molecule has 1 aromatic carbocycles. The Morgan fingerprint density at radius 1 is 1.22 bits per heavy atom. The third kappa shape index (κ3) is 7.53. The van der Waals surface area contributed by atoms with Crippen LogP contribution in [0.5, 0.6) is 0 Å². The molecule has 102 valence electrons. The van der Waals surface area contributed by atoms with Crippen LogP contribution in [0.15, 0.2) is 24.3 Å². The Morgan fingerprint density at radius 3 is 2.06 bits per heavy atom. The van der Waals surface area contributed by atoms with Crippen LogP contribution >= 0.6 is 12.2 Å². The van der Waals surface area contributed by atoms with Crippen molar-refractivity contribution in [3.63, 3.8) is 0 Å². The number of halogens is 1. The van der Waals surface area contributed by atoms with Crippen LogP contribution in [0.4, 0.5) is 10.1 Å². The van der Waals surface area contributed by atoms with E-state index in [-0.39, 0.29) is 10.1 Å². The Balaban J connectivity index is 0.000000360. The first-order chi connectivity index (χ1) is 8.54. The molecule has 0 aliphatic carbocycles. The van der Waals surface area contributed by atoms with Crippen molar-refractivity contribution in [2.24, 2.45) is 0 Å². The number of nitrogens with one attached hydrogen (secondary N) is 1. The molecule has 0 bridgehead atoms. The summed E-state index contributed by atoms with van der Waals surface area (Å²) in [5.74, 6) is -0.347. The summed E-state index contributed by atoms with van der Waals surface area (Å²) < 4.78 is 12.9. The molecule has 2 nitrogen and oxygen atoms in total. The van der Waals surface area contributed by atoms with Crippen LogP contribution in [-0.4, -0.2) is 28.9 Å². The number of hydrogen-bond donors (Lipinski definition) is 1. The van der Waals surface area contributed by atoms with Gasteiger partial charge < -0.3 is 35.1 Å². The average Bonchev–Trinajstić information content (AvgIpc) is 2.35. The van der Waals surface area contributed by atoms with Crippen molar-refractivity contribution in [2.75, 3.05) is 25.0 Å². The third-order valence-corrected chi connectivity index (χ3v) is 2.66. The summed E-state index contributed by atoms with van der Waals surface area (Å²) in [6.07, 6.45) is 0. The number of hydrogen-bond acceptors (Lipinski definition) is 3. The number of benzene rings is 1. The van der Waals surface area contributed by atoms with Gasteiger partial charge in [0.25, 0.3) is 0 Å². The minimum absolute atomic E-state index is 0.148. The van der Waals surface area contributed by atoms with E-state index in [1.54, 1.807) is 18.2 Å². The normalized spacial score (nSPS) is 9.61. The minimum Gasteiger partial charge on any atom is -0.411 e. The Kier molecular flexibility index (Phi) is 9.73. The maximum absolute atomic E-state index is 12.8. The Bertz CT molecular complexity index is 349. The number of nitrogens with zero attached hydrogens (tertiary/aromatic N) is 1. The smallest absolute Gasteiger partial charge is 0.146 e. The quantitative estimate of drug-likeness (QED) is 0.674. The van der Waals surface area contributed by atoms with Crippen LogP contribution in [-0.2, 0) is 12.6 Å². The zero-order valence-electron chi connectivity index (χ0n) is 11.1. The molecule has 0 amide bonds. The minimum atomic E-state index is -0.347. The fourth-order valence-electron chi connectivity index (χ4n) is 1.34. The van der Waals surface area contributed by atoms with Gasteiger partial charge in [0, 0.05) is 0 Å². The lowest BCUT2D eigenvalue weighted by Crippen LogP contribution is -2.21. The van der Waals surface area contributed by atoms with E-state index in [9.17, 15) is 4.39 Å². The van der Waals surface area contributed by atoms with Crippen molar-refractivity contribution in [3.05, 3.63) is 30.1 Å². The molecule has 0 spiro atoms. The highest BCUT2D eigenvalue weighted by Gasteiger charge is 1.95. The van der Waals surface area contributed by atoms with Crippen molar-refractivity contribution in [1.29, 1.82) is 0 Å². The highest BCUT2D eigenvalue weighted by Crippen LogP contribution is 2.11. The zero-order valence-corrected chi connectivity index (χ0v) is 12.7. The van der Waals surface area contributed by atoms with E-state index >= 15 is 0 Å². The van der Waals surface area contributed by atoms with Gasteiger partial charge in [0.15, 0.2) is 0 Å². The molecular weight excluding hydrogens is 267 g/mol. The lowest BCUT2D eigenvalue weighted by molar-refractivity contribution is 0.321. The van der Waals surface area contributed by atoms with Gasteiger partial charge in [-0.1, -0.05) is 37.2 Å². The zero-order chi connectivity index (χ0) is 14.0. The van der Waals surface area contributed by atoms with Crippen molar-refractivity contribution in [2.45, 2.75) is 20.8 Å². The van der Waals surface area contributed by atoms with Crippen LogP contribution in [0.1, 0.15) is 20.8 Å². The second kappa shape index (κ2) is 10.2. The molecular formula is C13H20FN2S2-. The van der Waals surface area contributed by atoms with E-state index in [0.717, 1.165) is 0 Å². The van der Waals surface area contributed by atoms with Crippen molar-refractivity contribution in [3.8, 4) is 0 Å². The highest BCUT2D eigenvalue weighted by atomic mass is 32.1. The number of anilines is 1. The summed E-state index contributed by atoms with van der Waals surface area (Å²) in [6.45, 7) is 10.1. The van der Waals surface area contributed by atoms with Crippen LogP contribution in [0.3, 0.4) is 0 Å². The van der Waals surface area contributed by atoms with Gasteiger partial charge in [0.1, 0.15) is 5.82 Å². The van der Waals surface area contributed by atoms with Gasteiger partial charge >= 0.3 is 0 Å². The van der Waals surface area contributed by atoms with Crippen LogP contribution in [0, 0.1) is 5.82 Å².